The first-order valence-electron chi connectivity index (χ1n) is 31.5. The third kappa shape index (κ3) is 22.3. The first-order chi connectivity index (χ1) is 42.4. The van der Waals surface area contributed by atoms with Gasteiger partial charge in [-0.15, -0.1) is 0 Å². The van der Waals surface area contributed by atoms with Gasteiger partial charge in [-0.25, -0.2) is 28.0 Å². The van der Waals surface area contributed by atoms with Crippen molar-refractivity contribution in [1.29, 1.82) is 0 Å². The first kappa shape index (κ1) is 69.6. The number of hydrogen-bond donors (Lipinski definition) is 1. The first-order valence-corrected chi connectivity index (χ1v) is 31.5. The molecule has 3 aromatic carbocycles. The molecule has 3 amide bonds. The van der Waals surface area contributed by atoms with Crippen LogP contribution >= 0.6 is 0 Å². The molecule has 19 nitrogen and oxygen atoms in total. The Hall–Kier alpha value is -6.84. The lowest BCUT2D eigenvalue weighted by Gasteiger charge is -2.33. The van der Waals surface area contributed by atoms with Crippen molar-refractivity contribution in [2.24, 2.45) is 11.8 Å². The summed E-state index contributed by atoms with van der Waals surface area (Å²) < 4.78 is 70.0. The van der Waals surface area contributed by atoms with Gasteiger partial charge in [0.25, 0.3) is 17.7 Å². The molecule has 4 aliphatic rings. The molecule has 2 aliphatic heterocycles. The third-order valence-electron chi connectivity index (χ3n) is 17.3. The SMILES string of the molecule is CN[C@@H](CC(C)(C)F)C(=O)O[C@H](Cc1ccc(C2CCOCC2)cc1)C(=O)N(C)[C@@H](CC1CC1)C(=O)OCC(=O)N(C)[C@@H](CCC(C)(C)F)C(=O)O[C@H](Cc1ccc(C2CCOCC2)cc1)C(=O)N(C)[C@@H](CC1CC1)C(=O)OCC(=O)OCc1ccccc1. The number of carbonyl (C=O) groups is 8. The minimum atomic E-state index is -1.84. The number of rotatable bonds is 33. The van der Waals surface area contributed by atoms with Gasteiger partial charge in [0.05, 0.1) is 0 Å². The summed E-state index contributed by atoms with van der Waals surface area (Å²) in [6, 6.07) is 19.1. The smallest absolute Gasteiger partial charge is 0.344 e. The normalized spacial score (nSPS) is 17.8. The van der Waals surface area contributed by atoms with Crippen LogP contribution in [0.3, 0.4) is 0 Å². The number of nitrogens with zero attached hydrogens (tertiary/aromatic N) is 3. The van der Waals surface area contributed by atoms with E-state index in [0.29, 0.717) is 43.5 Å². The van der Waals surface area contributed by atoms with Crippen molar-refractivity contribution in [3.8, 4) is 0 Å². The van der Waals surface area contributed by atoms with Crippen LogP contribution in [-0.2, 0) is 91.0 Å². The molecule has 6 atom stereocenters. The van der Waals surface area contributed by atoms with Gasteiger partial charge in [0, 0.05) is 66.8 Å². The predicted octanol–water partition coefficient (Wildman–Crippen LogP) is 8.25. The number of benzene rings is 3. The van der Waals surface area contributed by atoms with Gasteiger partial charge in [-0.3, -0.25) is 19.2 Å². The lowest BCUT2D eigenvalue weighted by molar-refractivity contribution is -0.171. The molecule has 0 bridgehead atoms. The van der Waals surface area contributed by atoms with Gasteiger partial charge in [0.2, 0.25) is 0 Å². The van der Waals surface area contributed by atoms with E-state index in [1.54, 1.807) is 24.3 Å². The van der Waals surface area contributed by atoms with Crippen molar-refractivity contribution in [1.82, 2.24) is 20.0 Å². The van der Waals surface area contributed by atoms with Crippen molar-refractivity contribution < 1.29 is 80.3 Å². The van der Waals surface area contributed by atoms with Crippen LogP contribution in [0.25, 0.3) is 0 Å². The van der Waals surface area contributed by atoms with Crippen LogP contribution in [-0.4, -0.2) is 178 Å². The monoisotopic (exact) mass is 1240 g/mol. The summed E-state index contributed by atoms with van der Waals surface area (Å²) in [5, 5.41) is 2.79. The van der Waals surface area contributed by atoms with Crippen molar-refractivity contribution >= 4 is 47.6 Å². The number of likely N-dealkylation sites (N-methyl/N-ethyl adjacent to an activating group) is 4. The number of ether oxygens (including phenoxy) is 7. The fourth-order valence-electron chi connectivity index (χ4n) is 11.3. The highest BCUT2D eigenvalue weighted by molar-refractivity contribution is 5.92. The van der Waals surface area contributed by atoms with E-state index in [2.05, 4.69) is 5.32 Å². The van der Waals surface area contributed by atoms with E-state index in [-0.39, 0.29) is 69.3 Å². The summed E-state index contributed by atoms with van der Waals surface area (Å²) in [5.41, 5.74) is 0.578. The zero-order chi connectivity index (χ0) is 64.4. The molecule has 0 spiro atoms. The Balaban J connectivity index is 1.08. The molecule has 0 radical (unpaired) electrons. The van der Waals surface area contributed by atoms with Crippen molar-refractivity contribution in [3.05, 3.63) is 107 Å². The zero-order valence-electron chi connectivity index (χ0n) is 53.1. The summed E-state index contributed by atoms with van der Waals surface area (Å²) in [5.74, 6) is -6.27. The Labute approximate surface area is 522 Å². The van der Waals surface area contributed by atoms with Gasteiger partial charge in [-0.05, 0) is 138 Å². The fourth-order valence-corrected chi connectivity index (χ4v) is 11.3. The number of amides is 3. The van der Waals surface area contributed by atoms with Gasteiger partial charge in [-0.1, -0.05) is 105 Å². The quantitative estimate of drug-likeness (QED) is 0.0448. The average Bonchev–Trinajstić information content (AvgIpc) is 3.33. The standard InChI is InChI=1S/C68H92F2N4O15/c1-67(2,69)31-26-54(66(82)89-58(39-47-20-24-50(25-21-47)52-29-34-84-35-30-52)62(78)74(8)56(37-45-16-17-45)65(81)87-43-60(76)85-41-48-12-10-9-11-13-48)72(6)59(75)42-86-64(80)55(36-44-14-15-44)73(7)61(77)57(88-63(79)53(71-5)40-68(3,4)70)38-46-18-22-49(23-19-46)51-27-32-83-33-28-51/h9-13,18-25,44-45,51-58,71H,14-17,26-43H2,1-8H3/t53-,54-,55-,56-,57+,58+/m0/s1. The van der Waals surface area contributed by atoms with E-state index in [4.69, 9.17) is 33.2 Å². The molecule has 0 aromatic heterocycles. The van der Waals surface area contributed by atoms with Crippen LogP contribution in [0.5, 0.6) is 0 Å². The Morgan fingerprint density at radius 1 is 0.539 bits per heavy atom. The van der Waals surface area contributed by atoms with Crippen LogP contribution in [0.4, 0.5) is 8.78 Å². The van der Waals surface area contributed by atoms with Crippen LogP contribution in [0.1, 0.15) is 151 Å². The molecule has 1 N–H and O–H groups in total. The van der Waals surface area contributed by atoms with Gasteiger partial charge in [-0.2, -0.15) is 0 Å². The zero-order valence-corrected chi connectivity index (χ0v) is 53.1. The molecule has 3 aromatic rings. The summed E-state index contributed by atoms with van der Waals surface area (Å²) in [4.78, 5) is 117. The van der Waals surface area contributed by atoms with Crippen LogP contribution < -0.4 is 5.32 Å². The number of hydrogen-bond acceptors (Lipinski definition) is 16. The largest absolute Gasteiger partial charge is 0.458 e. The maximum absolute atomic E-state index is 15.4. The lowest BCUT2D eigenvalue weighted by Crippen LogP contribution is -2.52. The lowest BCUT2D eigenvalue weighted by atomic mass is 9.90. The summed E-state index contributed by atoms with van der Waals surface area (Å²) >= 11 is 0. The second kappa shape index (κ2) is 32.8. The van der Waals surface area contributed by atoms with E-state index >= 15 is 4.39 Å². The number of alkyl halides is 2. The number of nitrogens with one attached hydrogen (secondary N) is 1. The summed E-state index contributed by atoms with van der Waals surface area (Å²) in [6.07, 6.45) is 2.80. The summed E-state index contributed by atoms with van der Waals surface area (Å²) in [7, 11) is 5.54. The molecule has 2 aliphatic carbocycles. The van der Waals surface area contributed by atoms with Crippen molar-refractivity contribution in [2.45, 2.75) is 190 Å². The van der Waals surface area contributed by atoms with Crippen LogP contribution in [0.15, 0.2) is 78.9 Å². The molecule has 89 heavy (non-hydrogen) atoms. The molecule has 2 heterocycles. The molecular formula is C68H92F2N4O15. The third-order valence-corrected chi connectivity index (χ3v) is 17.3. The molecule has 488 valence electrons. The molecule has 7 rings (SSSR count). The minimum Gasteiger partial charge on any atom is -0.458 e. The molecule has 21 heteroatoms. The predicted molar refractivity (Wildman–Crippen MR) is 325 cm³/mol. The van der Waals surface area contributed by atoms with E-state index in [0.717, 1.165) is 82.8 Å². The van der Waals surface area contributed by atoms with E-state index < -0.39 is 108 Å². The number of halogens is 2. The minimum absolute atomic E-state index is 0.0341. The van der Waals surface area contributed by atoms with E-state index in [9.17, 15) is 42.7 Å². The van der Waals surface area contributed by atoms with Crippen molar-refractivity contribution in [2.75, 3.05) is 67.8 Å². The number of carbonyl (C=O) groups excluding carboxylic acids is 8. The number of esters is 5. The van der Waals surface area contributed by atoms with Gasteiger partial charge in [0.15, 0.2) is 25.4 Å². The second-order valence-electron chi connectivity index (χ2n) is 25.7. The highest BCUT2D eigenvalue weighted by Gasteiger charge is 2.43. The second-order valence-corrected chi connectivity index (χ2v) is 25.7. The fraction of sp³-hybridized carbons (Fsp3) is 0.618. The van der Waals surface area contributed by atoms with Crippen LogP contribution in [0, 0.1) is 11.8 Å². The average molecular weight is 1240 g/mol. The maximum Gasteiger partial charge on any atom is 0.344 e. The van der Waals surface area contributed by atoms with Gasteiger partial charge >= 0.3 is 29.8 Å². The summed E-state index contributed by atoms with van der Waals surface area (Å²) in [6.45, 7) is 6.15. The Morgan fingerprint density at radius 2 is 0.989 bits per heavy atom. The van der Waals surface area contributed by atoms with Gasteiger partial charge < -0.3 is 53.2 Å². The van der Waals surface area contributed by atoms with Crippen molar-refractivity contribution in [3.63, 3.8) is 0 Å². The molecule has 0 unspecified atom stereocenters. The van der Waals surface area contributed by atoms with Gasteiger partial charge in [0.1, 0.15) is 42.1 Å². The van der Waals surface area contributed by atoms with E-state index in [1.165, 1.54) is 55.9 Å². The Morgan fingerprint density at radius 3 is 1.42 bits per heavy atom. The molecular weight excluding hydrogens is 1150 g/mol. The van der Waals surface area contributed by atoms with Crippen LogP contribution in [0.2, 0.25) is 0 Å². The molecule has 4 fully saturated rings. The maximum atomic E-state index is 15.4. The highest BCUT2D eigenvalue weighted by Crippen LogP contribution is 2.37. The Bertz CT molecular complexity index is 2830. The highest BCUT2D eigenvalue weighted by atomic mass is 19.1. The Kier molecular flexibility index (Phi) is 25.6. The molecule has 2 saturated heterocycles. The molecule has 2 saturated carbocycles. The van der Waals surface area contributed by atoms with E-state index in [1.807, 2.05) is 54.6 Å². The topological polar surface area (TPSA) is 223 Å².